The van der Waals surface area contributed by atoms with Crippen molar-refractivity contribution in [2.75, 3.05) is 6.61 Å². The summed E-state index contributed by atoms with van der Waals surface area (Å²) in [6.45, 7) is 0.223. The molecule has 0 amide bonds. The van der Waals surface area contributed by atoms with Crippen molar-refractivity contribution in [2.45, 2.75) is 6.04 Å². The van der Waals surface area contributed by atoms with Crippen LogP contribution in [0, 0.1) is 0 Å². The van der Waals surface area contributed by atoms with E-state index in [-0.39, 0.29) is 12.2 Å². The number of ether oxygens (including phenoxy) is 1. The van der Waals surface area contributed by atoms with Crippen molar-refractivity contribution in [1.82, 2.24) is 4.98 Å². The number of halogens is 1. The normalized spacial score (nSPS) is 12.6. The molecule has 0 saturated heterocycles. The van der Waals surface area contributed by atoms with E-state index in [4.69, 9.17) is 22.1 Å². The van der Waals surface area contributed by atoms with Gasteiger partial charge >= 0.3 is 5.97 Å². The molecule has 1 unspecified atom stereocenters. The van der Waals surface area contributed by atoms with E-state index in [0.29, 0.717) is 10.8 Å². The van der Waals surface area contributed by atoms with Gasteiger partial charge in [0.2, 0.25) is 0 Å². The Morgan fingerprint density at radius 2 is 1.69 bits per heavy atom. The molecule has 0 bridgehead atoms. The summed E-state index contributed by atoms with van der Waals surface area (Å²) in [5.74, 6) is -0.270. The number of hydrogen-bond acceptors (Lipinski definition) is 4. The first-order valence-corrected chi connectivity index (χ1v) is 11.8. The largest absolute Gasteiger partial charge is 0.489 e. The number of hydrogen-bond donors (Lipinski definition) is 2. The number of carbonyl (C=O) groups is 1. The van der Waals surface area contributed by atoms with E-state index in [1.807, 2.05) is 72.8 Å². The van der Waals surface area contributed by atoms with Crippen LogP contribution in [-0.2, 0) is 0 Å². The van der Waals surface area contributed by atoms with Crippen LogP contribution < -0.4 is 10.5 Å². The Morgan fingerprint density at radius 3 is 2.47 bits per heavy atom. The van der Waals surface area contributed by atoms with Crippen molar-refractivity contribution in [3.8, 4) is 5.75 Å². The number of aromatic nitrogens is 1. The van der Waals surface area contributed by atoms with E-state index in [1.165, 1.54) is 0 Å². The molecule has 178 valence electrons. The van der Waals surface area contributed by atoms with Crippen LogP contribution >= 0.6 is 11.6 Å². The Bertz CT molecular complexity index is 1600. The van der Waals surface area contributed by atoms with Gasteiger partial charge in [-0.05, 0) is 53.1 Å². The number of nitrogens with two attached hydrogens (primary N) is 1. The van der Waals surface area contributed by atoms with Crippen LogP contribution in [0.4, 0.5) is 0 Å². The van der Waals surface area contributed by atoms with E-state index in [9.17, 15) is 9.90 Å². The van der Waals surface area contributed by atoms with Crippen molar-refractivity contribution in [3.05, 3.63) is 124 Å². The standard InChI is InChI=1S/C30H23ClN2O3/c31-26-13-14-28(25-7-3-2-6-24(25)26)36-18-23(15-19-9-11-20(12-10-19)30(34)35)29(32)22-16-21-5-1-4-8-27(21)33-17-22/h1-17,29H,18,32H2,(H,34,35)/b23-15+. The van der Waals surface area contributed by atoms with E-state index in [0.717, 1.165) is 38.4 Å². The van der Waals surface area contributed by atoms with Crippen molar-refractivity contribution >= 4 is 45.3 Å². The average molecular weight is 495 g/mol. The first kappa shape index (κ1) is 23.5. The Morgan fingerprint density at radius 1 is 0.972 bits per heavy atom. The lowest BCUT2D eigenvalue weighted by Crippen LogP contribution is -2.18. The summed E-state index contributed by atoms with van der Waals surface area (Å²) in [6.07, 6.45) is 3.72. The Hall–Kier alpha value is -4.19. The van der Waals surface area contributed by atoms with Crippen LogP contribution in [0.2, 0.25) is 5.02 Å². The summed E-state index contributed by atoms with van der Waals surface area (Å²) in [5, 5.41) is 12.7. The highest BCUT2D eigenvalue weighted by molar-refractivity contribution is 6.35. The first-order chi connectivity index (χ1) is 17.5. The van der Waals surface area contributed by atoms with Crippen LogP contribution in [0.5, 0.6) is 5.75 Å². The van der Waals surface area contributed by atoms with Crippen LogP contribution in [0.3, 0.4) is 0 Å². The first-order valence-electron chi connectivity index (χ1n) is 11.4. The molecule has 5 rings (SSSR count). The minimum Gasteiger partial charge on any atom is -0.489 e. The van der Waals surface area contributed by atoms with E-state index >= 15 is 0 Å². The van der Waals surface area contributed by atoms with E-state index in [2.05, 4.69) is 4.98 Å². The number of rotatable bonds is 7. The van der Waals surface area contributed by atoms with Gasteiger partial charge in [-0.15, -0.1) is 0 Å². The fourth-order valence-electron chi connectivity index (χ4n) is 4.15. The Balaban J connectivity index is 1.51. The molecule has 0 saturated carbocycles. The van der Waals surface area contributed by atoms with Crippen molar-refractivity contribution in [3.63, 3.8) is 0 Å². The third kappa shape index (κ3) is 4.93. The van der Waals surface area contributed by atoms with Crippen LogP contribution in [-0.4, -0.2) is 22.7 Å². The Labute approximate surface area is 213 Å². The zero-order valence-corrected chi connectivity index (χ0v) is 20.0. The van der Waals surface area contributed by atoms with Crippen LogP contribution in [0.15, 0.2) is 103 Å². The lowest BCUT2D eigenvalue weighted by atomic mass is 9.97. The molecule has 5 aromatic rings. The molecule has 1 heterocycles. The second kappa shape index (κ2) is 10.2. The molecule has 4 aromatic carbocycles. The predicted molar refractivity (Wildman–Crippen MR) is 145 cm³/mol. The van der Waals surface area contributed by atoms with E-state index < -0.39 is 12.0 Å². The molecule has 3 N–H and O–H groups in total. The molecule has 1 aromatic heterocycles. The molecule has 36 heavy (non-hydrogen) atoms. The molecule has 0 radical (unpaired) electrons. The maximum Gasteiger partial charge on any atom is 0.335 e. The molecular weight excluding hydrogens is 472 g/mol. The van der Waals surface area contributed by atoms with Gasteiger partial charge in [0.25, 0.3) is 0 Å². The highest BCUT2D eigenvalue weighted by Gasteiger charge is 2.16. The molecule has 1 atom stereocenters. The van der Waals surface area contributed by atoms with Gasteiger partial charge in [0, 0.05) is 27.4 Å². The molecular formula is C30H23ClN2O3. The van der Waals surface area contributed by atoms with Gasteiger partial charge in [0.05, 0.1) is 17.1 Å². The Kier molecular flexibility index (Phi) is 6.67. The number of fused-ring (bicyclic) bond motifs is 2. The molecule has 0 fully saturated rings. The molecule has 6 heteroatoms. The quantitative estimate of drug-likeness (QED) is 0.257. The highest BCUT2D eigenvalue weighted by atomic mass is 35.5. The zero-order chi connectivity index (χ0) is 25.1. The molecule has 0 spiro atoms. The SMILES string of the molecule is NC(/C(=C/c1ccc(C(=O)O)cc1)COc1ccc(Cl)c2ccccc12)c1cnc2ccccc2c1. The van der Waals surface area contributed by atoms with E-state index in [1.54, 1.807) is 30.5 Å². The molecule has 5 nitrogen and oxygen atoms in total. The molecule has 0 aliphatic carbocycles. The summed E-state index contributed by atoms with van der Waals surface area (Å²) < 4.78 is 6.28. The maximum atomic E-state index is 11.3. The van der Waals surface area contributed by atoms with Gasteiger partial charge in [-0.1, -0.05) is 72.3 Å². The number of para-hydroxylation sites is 1. The highest BCUT2D eigenvalue weighted by Crippen LogP contribution is 2.32. The second-order valence-electron chi connectivity index (χ2n) is 8.47. The van der Waals surface area contributed by atoms with Gasteiger partial charge in [-0.2, -0.15) is 0 Å². The lowest BCUT2D eigenvalue weighted by molar-refractivity contribution is 0.0697. The summed E-state index contributed by atoms with van der Waals surface area (Å²) in [4.78, 5) is 15.8. The third-order valence-electron chi connectivity index (χ3n) is 6.11. The van der Waals surface area contributed by atoms with Gasteiger partial charge in [0.1, 0.15) is 12.4 Å². The fourth-order valence-corrected chi connectivity index (χ4v) is 4.38. The van der Waals surface area contributed by atoms with Gasteiger partial charge in [-0.25, -0.2) is 4.79 Å². The number of carboxylic acids is 1. The minimum atomic E-state index is -0.970. The van der Waals surface area contributed by atoms with Crippen molar-refractivity contribution in [1.29, 1.82) is 0 Å². The zero-order valence-electron chi connectivity index (χ0n) is 19.3. The lowest BCUT2D eigenvalue weighted by Gasteiger charge is -2.19. The predicted octanol–water partition coefficient (Wildman–Crippen LogP) is 6.90. The number of benzene rings is 4. The maximum absolute atomic E-state index is 11.3. The van der Waals surface area contributed by atoms with Gasteiger partial charge in [0.15, 0.2) is 0 Å². The summed E-state index contributed by atoms with van der Waals surface area (Å²) in [5.41, 5.74) is 10.4. The fraction of sp³-hybridized carbons (Fsp3) is 0.0667. The molecule has 0 aliphatic rings. The number of carboxylic acid groups (broad SMARTS) is 1. The second-order valence-corrected chi connectivity index (χ2v) is 8.87. The van der Waals surface area contributed by atoms with Gasteiger partial charge < -0.3 is 15.6 Å². The number of pyridine rings is 1. The van der Waals surface area contributed by atoms with Crippen molar-refractivity contribution < 1.29 is 14.6 Å². The number of aromatic carboxylic acids is 1. The third-order valence-corrected chi connectivity index (χ3v) is 6.43. The smallest absolute Gasteiger partial charge is 0.335 e. The topological polar surface area (TPSA) is 85.4 Å². The minimum absolute atomic E-state index is 0.223. The summed E-state index contributed by atoms with van der Waals surface area (Å²) >= 11 is 6.38. The molecule has 0 aliphatic heterocycles. The average Bonchev–Trinajstić information content (AvgIpc) is 2.91. The summed E-state index contributed by atoms with van der Waals surface area (Å²) in [7, 11) is 0. The number of nitrogens with zero attached hydrogens (tertiary/aromatic N) is 1. The monoisotopic (exact) mass is 494 g/mol. The van der Waals surface area contributed by atoms with Crippen LogP contribution in [0.1, 0.15) is 27.5 Å². The summed E-state index contributed by atoms with van der Waals surface area (Å²) in [6, 6.07) is 27.6. The van der Waals surface area contributed by atoms with Crippen LogP contribution in [0.25, 0.3) is 27.8 Å². The van der Waals surface area contributed by atoms with Gasteiger partial charge in [-0.3, -0.25) is 4.98 Å². The van der Waals surface area contributed by atoms with Crippen molar-refractivity contribution in [2.24, 2.45) is 5.73 Å².